The van der Waals surface area contributed by atoms with E-state index in [9.17, 15) is 37.2 Å². The Hall–Kier alpha value is -5.52. The number of nitrogens with one attached hydrogen (secondary N) is 1. The highest BCUT2D eigenvalue weighted by molar-refractivity contribution is 6.07. The number of para-hydroxylation sites is 1. The van der Waals surface area contributed by atoms with Crippen LogP contribution in [0, 0.1) is 17.1 Å². The molecule has 0 saturated carbocycles. The molecule has 46 heavy (non-hydrogen) atoms. The van der Waals surface area contributed by atoms with Gasteiger partial charge in [-0.2, -0.15) is 20.1 Å². The molecule has 0 unspecified atom stereocenters. The Bertz CT molecular complexity index is 1850. The number of rotatable bonds is 6. The van der Waals surface area contributed by atoms with Gasteiger partial charge in [-0.15, -0.1) is 13.2 Å². The maximum absolute atomic E-state index is 14.3. The Kier molecular flexibility index (Phi) is 7.80. The van der Waals surface area contributed by atoms with E-state index in [1.165, 1.54) is 26.6 Å². The van der Waals surface area contributed by atoms with Crippen molar-refractivity contribution in [1.82, 2.24) is 29.8 Å². The number of nitrogens with zero attached hydrogens (tertiary/aromatic N) is 7. The third kappa shape index (κ3) is 5.25. The third-order valence-corrected chi connectivity index (χ3v) is 8.11. The molecule has 4 heterocycles. The van der Waals surface area contributed by atoms with Gasteiger partial charge in [0, 0.05) is 30.8 Å². The van der Waals surface area contributed by atoms with Gasteiger partial charge in [0.25, 0.3) is 17.7 Å². The molecular formula is C31H26F4N8O3. The molecule has 6 rings (SSSR count). The molecule has 3 atom stereocenters. The van der Waals surface area contributed by atoms with Gasteiger partial charge in [-0.05, 0) is 55.7 Å². The topological polar surface area (TPSA) is 129 Å². The van der Waals surface area contributed by atoms with E-state index in [0.717, 1.165) is 18.2 Å². The number of hydrogen-bond donors (Lipinski definition) is 1. The number of fused-ring (bicyclic) bond motifs is 1. The second-order valence-electron chi connectivity index (χ2n) is 10.8. The van der Waals surface area contributed by atoms with E-state index in [1.807, 2.05) is 0 Å². The second kappa shape index (κ2) is 11.8. The average Bonchev–Trinajstić information content (AvgIpc) is 3.81. The number of aromatic nitrogens is 4. The highest BCUT2D eigenvalue weighted by atomic mass is 19.4. The van der Waals surface area contributed by atoms with Crippen molar-refractivity contribution in [3.05, 3.63) is 95.2 Å². The molecule has 0 radical (unpaired) electrons. The number of benzene rings is 2. The van der Waals surface area contributed by atoms with Gasteiger partial charge < -0.3 is 10.2 Å². The summed E-state index contributed by atoms with van der Waals surface area (Å²) in [7, 11) is 0. The maximum Gasteiger partial charge on any atom is 0.504 e. The minimum absolute atomic E-state index is 0.0632. The van der Waals surface area contributed by atoms with E-state index >= 15 is 0 Å². The van der Waals surface area contributed by atoms with Crippen molar-refractivity contribution in [2.75, 3.05) is 18.0 Å². The van der Waals surface area contributed by atoms with Crippen molar-refractivity contribution in [2.24, 2.45) is 0 Å². The summed E-state index contributed by atoms with van der Waals surface area (Å²) in [5.74, 6) is -3.76. The molecule has 0 bridgehead atoms. The van der Waals surface area contributed by atoms with Gasteiger partial charge in [-0.1, -0.05) is 30.3 Å². The van der Waals surface area contributed by atoms with Crippen molar-refractivity contribution >= 4 is 23.5 Å². The number of likely N-dealkylation sites (tertiary alicyclic amines) is 1. The van der Waals surface area contributed by atoms with E-state index in [-0.39, 0.29) is 28.3 Å². The Morgan fingerprint density at radius 1 is 1.07 bits per heavy atom. The summed E-state index contributed by atoms with van der Waals surface area (Å²) in [4.78, 5) is 44.6. The summed E-state index contributed by atoms with van der Waals surface area (Å²) in [6.45, 7) is 2.04. The summed E-state index contributed by atoms with van der Waals surface area (Å²) in [5, 5.41) is 20.3. The molecule has 11 nitrogen and oxygen atoms in total. The quantitative estimate of drug-likeness (QED) is 0.318. The zero-order chi connectivity index (χ0) is 32.7. The van der Waals surface area contributed by atoms with Crippen molar-refractivity contribution in [1.29, 1.82) is 5.26 Å². The number of hydrogen-bond acceptors (Lipinski definition) is 6. The predicted molar refractivity (Wildman–Crippen MR) is 154 cm³/mol. The number of carbonyl (C=O) groups excluding carboxylic acids is 3. The van der Waals surface area contributed by atoms with Crippen molar-refractivity contribution in [3.63, 3.8) is 0 Å². The molecular weight excluding hydrogens is 608 g/mol. The van der Waals surface area contributed by atoms with Crippen LogP contribution in [0.5, 0.6) is 0 Å². The molecule has 0 aliphatic carbocycles. The van der Waals surface area contributed by atoms with E-state index in [0.29, 0.717) is 36.8 Å². The smallest absolute Gasteiger partial charge is 0.338 e. The molecule has 1 saturated heterocycles. The molecule has 15 heteroatoms. The molecule has 2 aromatic heterocycles. The SMILES string of the molecule is CCN1C(=O)[C@@H](NC(=O)c2ccn(C(F)(F)F)n2)[C@@H](c2ccc(F)cc2)c2c(C(=O)N3CCC[C@H]3C#N)nn(-c3ccccc3)c21. The summed E-state index contributed by atoms with van der Waals surface area (Å²) in [6.07, 6.45) is -3.24. The molecule has 1 fully saturated rings. The first kappa shape index (κ1) is 30.5. The lowest BCUT2D eigenvalue weighted by molar-refractivity contribution is -0.212. The number of alkyl halides is 3. The molecule has 4 aromatic rings. The Labute approximate surface area is 259 Å². The van der Waals surface area contributed by atoms with Crippen LogP contribution in [0.3, 0.4) is 0 Å². The fourth-order valence-corrected chi connectivity index (χ4v) is 6.02. The van der Waals surface area contributed by atoms with E-state index in [1.54, 1.807) is 37.3 Å². The van der Waals surface area contributed by atoms with Gasteiger partial charge in [0.15, 0.2) is 5.69 Å². The predicted octanol–water partition coefficient (Wildman–Crippen LogP) is 4.11. The van der Waals surface area contributed by atoms with Crippen LogP contribution in [-0.4, -0.2) is 67.4 Å². The van der Waals surface area contributed by atoms with Crippen molar-refractivity contribution in [2.45, 2.75) is 44.1 Å². The lowest BCUT2D eigenvalue weighted by atomic mass is 9.80. The van der Waals surface area contributed by atoms with Crippen LogP contribution in [0.15, 0.2) is 66.9 Å². The van der Waals surface area contributed by atoms with Gasteiger partial charge in [0.2, 0.25) is 0 Å². The third-order valence-electron chi connectivity index (χ3n) is 8.11. The molecule has 0 spiro atoms. The molecule has 2 aliphatic rings. The van der Waals surface area contributed by atoms with Crippen molar-refractivity contribution in [3.8, 4) is 11.8 Å². The van der Waals surface area contributed by atoms with Gasteiger partial charge >= 0.3 is 6.30 Å². The fraction of sp³-hybridized carbons (Fsp3) is 0.290. The Morgan fingerprint density at radius 2 is 1.78 bits per heavy atom. The zero-order valence-electron chi connectivity index (χ0n) is 24.3. The Morgan fingerprint density at radius 3 is 2.41 bits per heavy atom. The summed E-state index contributed by atoms with van der Waals surface area (Å²) < 4.78 is 54.9. The molecule has 3 amide bonds. The number of nitriles is 1. The lowest BCUT2D eigenvalue weighted by Crippen LogP contribution is -2.55. The normalized spacial score (nSPS) is 19.6. The van der Waals surface area contributed by atoms with Crippen LogP contribution in [0.25, 0.3) is 5.69 Å². The van der Waals surface area contributed by atoms with Gasteiger partial charge in [0.1, 0.15) is 29.4 Å². The van der Waals surface area contributed by atoms with Gasteiger partial charge in [0.05, 0.1) is 11.8 Å². The average molecular weight is 635 g/mol. The number of carbonyl (C=O) groups is 3. The number of amides is 3. The monoisotopic (exact) mass is 634 g/mol. The van der Waals surface area contributed by atoms with E-state index in [2.05, 4.69) is 16.5 Å². The zero-order valence-corrected chi connectivity index (χ0v) is 24.3. The first-order chi connectivity index (χ1) is 22.0. The summed E-state index contributed by atoms with van der Waals surface area (Å²) in [5.41, 5.74) is 0.402. The molecule has 1 N–H and O–H groups in total. The highest BCUT2D eigenvalue weighted by Gasteiger charge is 2.48. The van der Waals surface area contributed by atoms with Crippen molar-refractivity contribution < 1.29 is 31.9 Å². The van der Waals surface area contributed by atoms with Crippen LogP contribution in [0.2, 0.25) is 0 Å². The standard InChI is InChI=1S/C31H26F4N8O3/c1-2-40-28-24(26(30(46)41-15-6-9-21(41)17-36)39-43(28)20-7-4-3-5-8-20)23(18-10-12-19(32)13-11-18)25(29(40)45)37-27(44)22-14-16-42(38-22)31(33,34)35/h3-5,7-8,10-14,16,21,23,25H,2,6,9,15H2,1H3,(H,37,44)/t21-,23-,25-/m0/s1. The van der Waals surface area contributed by atoms with Gasteiger partial charge in [-0.3, -0.25) is 19.3 Å². The van der Waals surface area contributed by atoms with Crippen LogP contribution in [-0.2, 0) is 11.1 Å². The minimum atomic E-state index is -4.87. The fourth-order valence-electron chi connectivity index (χ4n) is 6.02. The number of halogens is 4. The van der Waals surface area contributed by atoms with Crippen LogP contribution in [0.1, 0.15) is 57.8 Å². The van der Waals surface area contributed by atoms with Crippen LogP contribution in [0.4, 0.5) is 23.4 Å². The van der Waals surface area contributed by atoms with Crippen LogP contribution < -0.4 is 10.2 Å². The summed E-state index contributed by atoms with van der Waals surface area (Å²) in [6, 6.07) is 14.7. The van der Waals surface area contributed by atoms with Gasteiger partial charge in [-0.25, -0.2) is 9.07 Å². The maximum atomic E-state index is 14.3. The molecule has 2 aromatic carbocycles. The first-order valence-corrected chi connectivity index (χ1v) is 14.4. The lowest BCUT2D eigenvalue weighted by Gasteiger charge is -2.38. The van der Waals surface area contributed by atoms with Crippen LogP contribution >= 0.6 is 0 Å². The number of likely N-dealkylation sites (N-methyl/N-ethyl adjacent to an activating group) is 1. The number of anilines is 1. The largest absolute Gasteiger partial charge is 0.504 e. The first-order valence-electron chi connectivity index (χ1n) is 14.4. The molecule has 236 valence electrons. The summed E-state index contributed by atoms with van der Waals surface area (Å²) >= 11 is 0. The van der Waals surface area contributed by atoms with E-state index < -0.39 is 53.5 Å². The second-order valence-corrected chi connectivity index (χ2v) is 10.8. The Balaban J connectivity index is 1.56. The molecule has 2 aliphatic heterocycles. The van der Waals surface area contributed by atoms with E-state index in [4.69, 9.17) is 5.10 Å². The minimum Gasteiger partial charge on any atom is -0.338 e. The highest BCUT2D eigenvalue weighted by Crippen LogP contribution is 2.44.